The molecule has 1 amide bonds. The number of ketones is 1. The number of piperazine rings is 1. The van der Waals surface area contributed by atoms with E-state index in [1.165, 1.54) is 31.2 Å². The number of benzene rings is 1. The van der Waals surface area contributed by atoms with E-state index in [1.807, 2.05) is 4.90 Å². The average Bonchev–Trinajstić information content (AvgIpc) is 2.79. The van der Waals surface area contributed by atoms with E-state index in [-0.39, 0.29) is 29.6 Å². The Morgan fingerprint density at radius 3 is 2.42 bits per heavy atom. The number of carbonyl (C=O) groups excluding carboxylic acids is 2. The first-order valence-corrected chi connectivity index (χ1v) is 11.3. The molecule has 1 aliphatic heterocycles. The molecular formula is C21H23N5O4S. The maximum Gasteiger partial charge on any atom is 0.240 e. The number of aromatic nitrogens is 1. The number of nitrogens with one attached hydrogen (secondary N) is 1. The van der Waals surface area contributed by atoms with Crippen LogP contribution in [-0.4, -0.2) is 62.7 Å². The molecule has 2 aromatic rings. The second-order valence-corrected chi connectivity index (χ2v) is 8.85. The Hall–Kier alpha value is -3.29. The highest BCUT2D eigenvalue weighted by molar-refractivity contribution is 7.89. The zero-order valence-electron chi connectivity index (χ0n) is 17.1. The molecule has 31 heavy (non-hydrogen) atoms. The number of nitrogens with zero attached hydrogens (tertiary/aromatic N) is 4. The van der Waals surface area contributed by atoms with Gasteiger partial charge in [0.15, 0.2) is 5.78 Å². The van der Waals surface area contributed by atoms with E-state index >= 15 is 0 Å². The number of pyridine rings is 1. The van der Waals surface area contributed by atoms with Crippen molar-refractivity contribution in [3.63, 3.8) is 0 Å². The van der Waals surface area contributed by atoms with Gasteiger partial charge >= 0.3 is 0 Å². The van der Waals surface area contributed by atoms with Crippen molar-refractivity contribution < 1.29 is 18.0 Å². The molecule has 2 heterocycles. The number of amides is 1. The standard InChI is InChI=1S/C21H23N5O4S/c1-16(27)17-4-6-19(7-5-17)31(29,30)24-10-8-20(28)25-11-13-26(14-12-25)21-18(15-22)3-2-9-23-21/h2-7,9,24H,8,10-14H2,1H3. The monoisotopic (exact) mass is 441 g/mol. The molecule has 9 nitrogen and oxygen atoms in total. The number of rotatable bonds is 7. The van der Waals surface area contributed by atoms with Gasteiger partial charge in [-0.3, -0.25) is 9.59 Å². The topological polar surface area (TPSA) is 123 Å². The van der Waals surface area contributed by atoms with E-state index < -0.39 is 10.0 Å². The third-order valence-corrected chi connectivity index (χ3v) is 6.52. The van der Waals surface area contributed by atoms with Crippen LogP contribution in [0.1, 0.15) is 29.3 Å². The van der Waals surface area contributed by atoms with Crippen molar-refractivity contribution in [2.75, 3.05) is 37.6 Å². The summed E-state index contributed by atoms with van der Waals surface area (Å²) in [4.78, 5) is 31.7. The average molecular weight is 442 g/mol. The summed E-state index contributed by atoms with van der Waals surface area (Å²) >= 11 is 0. The molecule has 0 spiro atoms. The van der Waals surface area contributed by atoms with Crippen molar-refractivity contribution in [1.29, 1.82) is 5.26 Å². The van der Waals surface area contributed by atoms with Crippen molar-refractivity contribution in [2.45, 2.75) is 18.2 Å². The van der Waals surface area contributed by atoms with Gasteiger partial charge in [-0.15, -0.1) is 0 Å². The Bertz CT molecular complexity index is 1100. The van der Waals surface area contributed by atoms with E-state index in [4.69, 9.17) is 0 Å². The van der Waals surface area contributed by atoms with Gasteiger partial charge in [-0.2, -0.15) is 5.26 Å². The zero-order valence-corrected chi connectivity index (χ0v) is 17.9. The smallest absolute Gasteiger partial charge is 0.240 e. The van der Waals surface area contributed by atoms with Gasteiger partial charge < -0.3 is 9.80 Å². The molecule has 1 aromatic carbocycles. The molecule has 1 aliphatic rings. The van der Waals surface area contributed by atoms with Gasteiger partial charge in [0, 0.05) is 50.9 Å². The quantitative estimate of drug-likeness (QED) is 0.640. The number of hydrogen-bond donors (Lipinski definition) is 1. The molecule has 10 heteroatoms. The van der Waals surface area contributed by atoms with Crippen LogP contribution in [0.15, 0.2) is 47.5 Å². The van der Waals surface area contributed by atoms with Crippen LogP contribution in [0.25, 0.3) is 0 Å². The van der Waals surface area contributed by atoms with Gasteiger partial charge in [0.1, 0.15) is 11.9 Å². The summed E-state index contributed by atoms with van der Waals surface area (Å²) < 4.78 is 27.2. The van der Waals surface area contributed by atoms with Crippen molar-refractivity contribution in [3.05, 3.63) is 53.7 Å². The molecule has 0 unspecified atom stereocenters. The van der Waals surface area contributed by atoms with Crippen LogP contribution in [0.5, 0.6) is 0 Å². The molecule has 162 valence electrons. The second kappa shape index (κ2) is 9.68. The van der Waals surface area contributed by atoms with Crippen molar-refractivity contribution in [2.24, 2.45) is 0 Å². The minimum atomic E-state index is -3.76. The first-order valence-electron chi connectivity index (χ1n) is 9.80. The highest BCUT2D eigenvalue weighted by atomic mass is 32.2. The molecule has 1 fully saturated rings. The molecular weight excluding hydrogens is 418 g/mol. The van der Waals surface area contributed by atoms with Gasteiger partial charge in [0.25, 0.3) is 0 Å². The fourth-order valence-corrected chi connectivity index (χ4v) is 4.34. The van der Waals surface area contributed by atoms with Gasteiger partial charge in [0.05, 0.1) is 10.5 Å². The maximum absolute atomic E-state index is 12.5. The van der Waals surface area contributed by atoms with E-state index in [2.05, 4.69) is 15.8 Å². The first-order chi connectivity index (χ1) is 14.8. The Balaban J connectivity index is 1.49. The molecule has 3 rings (SSSR count). The first kappa shape index (κ1) is 22.4. The fourth-order valence-electron chi connectivity index (χ4n) is 3.31. The Labute approximate surface area is 181 Å². The summed E-state index contributed by atoms with van der Waals surface area (Å²) in [6.45, 7) is 3.43. The van der Waals surface area contributed by atoms with Gasteiger partial charge in [-0.1, -0.05) is 12.1 Å². The maximum atomic E-state index is 12.5. The van der Waals surface area contributed by atoms with Crippen LogP contribution in [0.3, 0.4) is 0 Å². The molecule has 0 bridgehead atoms. The van der Waals surface area contributed by atoms with Crippen LogP contribution in [0.2, 0.25) is 0 Å². The molecule has 0 radical (unpaired) electrons. The normalized spacial score (nSPS) is 14.2. The number of anilines is 1. The molecule has 1 saturated heterocycles. The summed E-state index contributed by atoms with van der Waals surface area (Å²) in [5, 5.41) is 9.22. The van der Waals surface area contributed by atoms with Crippen molar-refractivity contribution >= 4 is 27.5 Å². The van der Waals surface area contributed by atoms with Crippen molar-refractivity contribution in [1.82, 2.24) is 14.6 Å². The minimum absolute atomic E-state index is 0.0192. The Kier molecular flexibility index (Phi) is 6.99. The van der Waals surface area contributed by atoms with E-state index in [1.54, 1.807) is 23.2 Å². The number of carbonyl (C=O) groups is 2. The minimum Gasteiger partial charge on any atom is -0.352 e. The predicted octanol–water partition coefficient (Wildman–Crippen LogP) is 1.17. The van der Waals surface area contributed by atoms with Crippen LogP contribution in [0.4, 0.5) is 5.82 Å². The molecule has 0 atom stereocenters. The molecule has 0 saturated carbocycles. The van der Waals surface area contributed by atoms with Gasteiger partial charge in [0.2, 0.25) is 15.9 Å². The van der Waals surface area contributed by atoms with E-state index in [9.17, 15) is 23.3 Å². The third-order valence-electron chi connectivity index (χ3n) is 5.04. The Morgan fingerprint density at radius 2 is 1.81 bits per heavy atom. The lowest BCUT2D eigenvalue weighted by Crippen LogP contribution is -2.49. The highest BCUT2D eigenvalue weighted by Crippen LogP contribution is 2.18. The van der Waals surface area contributed by atoms with Crippen LogP contribution < -0.4 is 9.62 Å². The van der Waals surface area contributed by atoms with Gasteiger partial charge in [-0.25, -0.2) is 18.1 Å². The Morgan fingerprint density at radius 1 is 1.13 bits per heavy atom. The summed E-state index contributed by atoms with van der Waals surface area (Å²) in [5.74, 6) is 0.325. The van der Waals surface area contributed by atoms with Gasteiger partial charge in [-0.05, 0) is 31.2 Å². The number of hydrogen-bond acceptors (Lipinski definition) is 7. The summed E-state index contributed by atoms with van der Waals surface area (Å²) in [5.41, 5.74) is 0.925. The lowest BCUT2D eigenvalue weighted by molar-refractivity contribution is -0.131. The lowest BCUT2D eigenvalue weighted by Gasteiger charge is -2.35. The second-order valence-electron chi connectivity index (χ2n) is 7.08. The van der Waals surface area contributed by atoms with E-state index in [0.29, 0.717) is 43.1 Å². The van der Waals surface area contributed by atoms with Crippen molar-refractivity contribution in [3.8, 4) is 6.07 Å². The number of sulfonamides is 1. The highest BCUT2D eigenvalue weighted by Gasteiger charge is 2.23. The zero-order chi connectivity index (χ0) is 22.4. The third kappa shape index (κ3) is 5.45. The number of nitriles is 1. The lowest BCUT2D eigenvalue weighted by atomic mass is 10.2. The summed E-state index contributed by atoms with van der Waals surface area (Å²) in [6, 6.07) is 11.2. The SMILES string of the molecule is CC(=O)c1ccc(S(=O)(=O)NCCC(=O)N2CCN(c3ncccc3C#N)CC2)cc1. The molecule has 1 N–H and O–H groups in total. The predicted molar refractivity (Wildman–Crippen MR) is 114 cm³/mol. The largest absolute Gasteiger partial charge is 0.352 e. The van der Waals surface area contributed by atoms with Crippen LogP contribution >= 0.6 is 0 Å². The van der Waals surface area contributed by atoms with Crippen LogP contribution in [0, 0.1) is 11.3 Å². The number of Topliss-reactive ketones (excluding diaryl/α,β-unsaturated/α-hetero) is 1. The fraction of sp³-hybridized carbons (Fsp3) is 0.333. The summed E-state index contributed by atoms with van der Waals surface area (Å²) in [7, 11) is -3.76. The summed E-state index contributed by atoms with van der Waals surface area (Å²) in [6.07, 6.45) is 1.67. The van der Waals surface area contributed by atoms with E-state index in [0.717, 1.165) is 0 Å². The molecule has 1 aromatic heterocycles. The van der Waals surface area contributed by atoms with Crippen LogP contribution in [-0.2, 0) is 14.8 Å². The molecule has 0 aliphatic carbocycles.